The predicted molar refractivity (Wildman–Crippen MR) is 38.7 cm³/mol. The number of tetrazole rings is 1. The van der Waals surface area contributed by atoms with Gasteiger partial charge in [0.05, 0.1) is 12.4 Å². The predicted octanol–water partition coefficient (Wildman–Crippen LogP) is -0.620. The summed E-state index contributed by atoms with van der Waals surface area (Å²) in [6.07, 6.45) is 3.15. The molecule has 0 aliphatic carbocycles. The molecule has 2 aromatic heterocycles. The summed E-state index contributed by atoms with van der Waals surface area (Å²) in [4.78, 5) is 0. The Hall–Kier alpha value is -1.92. The Morgan fingerprint density at radius 2 is 1.92 bits per heavy atom. The van der Waals surface area contributed by atoms with Crippen molar-refractivity contribution >= 4 is 0 Å². The lowest BCUT2D eigenvalue weighted by Gasteiger charge is -1.68. The Balaban J connectivity index is 0.000000120. The largest absolute Gasteiger partial charge is 0.243 e. The molecular formula is C5H7N7. The molecule has 7 heteroatoms. The van der Waals surface area contributed by atoms with Crippen molar-refractivity contribution in [2.24, 2.45) is 0 Å². The summed E-state index contributed by atoms with van der Waals surface area (Å²) >= 11 is 0. The van der Waals surface area contributed by atoms with Crippen molar-refractivity contribution < 1.29 is 0 Å². The van der Waals surface area contributed by atoms with Crippen LogP contribution in [0.2, 0.25) is 0 Å². The van der Waals surface area contributed by atoms with Gasteiger partial charge in [0.25, 0.3) is 0 Å². The minimum absolute atomic E-state index is 0.745. The molecule has 0 spiro atoms. The fourth-order valence-corrected chi connectivity index (χ4v) is 0.411. The number of nitrogens with zero attached hydrogens (tertiary/aromatic N) is 6. The van der Waals surface area contributed by atoms with Gasteiger partial charge in [-0.05, 0) is 28.6 Å². The number of nitrogens with one attached hydrogen (secondary N) is 1. The first kappa shape index (κ1) is 8.18. The van der Waals surface area contributed by atoms with Gasteiger partial charge in [-0.2, -0.15) is 0 Å². The molecule has 0 amide bonds. The molecule has 0 aliphatic heterocycles. The third-order valence-corrected chi connectivity index (χ3v) is 0.860. The van der Waals surface area contributed by atoms with Gasteiger partial charge in [0.1, 0.15) is 5.82 Å². The van der Waals surface area contributed by atoms with Gasteiger partial charge < -0.3 is 0 Å². The number of aromatic amines is 1. The average molecular weight is 165 g/mol. The molecule has 2 rings (SSSR count). The van der Waals surface area contributed by atoms with Gasteiger partial charge in [0, 0.05) is 0 Å². The fraction of sp³-hybridized carbons (Fsp3) is 0.200. The quantitative estimate of drug-likeness (QED) is 0.559. The van der Waals surface area contributed by atoms with E-state index in [2.05, 4.69) is 36.0 Å². The van der Waals surface area contributed by atoms with E-state index in [4.69, 9.17) is 0 Å². The Kier molecular flexibility index (Phi) is 3.29. The molecule has 0 radical (unpaired) electrons. The highest BCUT2D eigenvalue weighted by molar-refractivity contribution is 4.69. The zero-order chi connectivity index (χ0) is 8.65. The normalized spacial score (nSPS) is 8.42. The maximum atomic E-state index is 3.50. The molecule has 62 valence electrons. The van der Waals surface area contributed by atoms with Crippen molar-refractivity contribution in [3.8, 4) is 0 Å². The van der Waals surface area contributed by atoms with Crippen LogP contribution in [-0.4, -0.2) is 36.0 Å². The summed E-state index contributed by atoms with van der Waals surface area (Å²) in [5.74, 6) is 0.745. The number of rotatable bonds is 0. The van der Waals surface area contributed by atoms with Crippen LogP contribution >= 0.6 is 0 Å². The lowest BCUT2D eigenvalue weighted by atomic mass is 10.7. The number of aromatic nitrogens is 7. The van der Waals surface area contributed by atoms with Crippen molar-refractivity contribution in [2.45, 2.75) is 6.92 Å². The van der Waals surface area contributed by atoms with Gasteiger partial charge in [0.15, 0.2) is 0 Å². The van der Waals surface area contributed by atoms with Gasteiger partial charge in [0.2, 0.25) is 0 Å². The summed E-state index contributed by atoms with van der Waals surface area (Å²) in [6, 6.07) is 1.72. The number of H-pyrrole nitrogens is 1. The highest BCUT2D eigenvalue weighted by atomic mass is 15.5. The standard InChI is InChI=1S/C3H3N3.C2H4N4/c1-2-4-6-5-3-1;1-2-3-5-6-4-2/h1-3H;1H3,(H,3,4,5,6). The summed E-state index contributed by atoms with van der Waals surface area (Å²) < 4.78 is 0. The van der Waals surface area contributed by atoms with Gasteiger partial charge in [-0.3, -0.25) is 0 Å². The van der Waals surface area contributed by atoms with E-state index < -0.39 is 0 Å². The molecule has 0 unspecified atom stereocenters. The van der Waals surface area contributed by atoms with E-state index in [0.717, 1.165) is 5.82 Å². The zero-order valence-corrected chi connectivity index (χ0v) is 6.42. The third kappa shape index (κ3) is 3.30. The van der Waals surface area contributed by atoms with Crippen molar-refractivity contribution in [1.29, 1.82) is 0 Å². The first-order valence-corrected chi connectivity index (χ1v) is 3.18. The molecule has 2 aromatic rings. The second-order valence-corrected chi connectivity index (χ2v) is 1.80. The van der Waals surface area contributed by atoms with E-state index in [1.54, 1.807) is 25.4 Å². The highest BCUT2D eigenvalue weighted by Gasteiger charge is 1.77. The van der Waals surface area contributed by atoms with Crippen molar-refractivity contribution in [3.05, 3.63) is 24.3 Å². The smallest absolute Gasteiger partial charge is 0.145 e. The summed E-state index contributed by atoms with van der Waals surface area (Å²) in [7, 11) is 0. The molecule has 0 aromatic carbocycles. The maximum Gasteiger partial charge on any atom is 0.145 e. The van der Waals surface area contributed by atoms with E-state index in [-0.39, 0.29) is 0 Å². The second kappa shape index (κ2) is 4.83. The van der Waals surface area contributed by atoms with Gasteiger partial charge in [-0.25, -0.2) is 5.10 Å². The molecule has 0 saturated carbocycles. The molecule has 7 nitrogen and oxygen atoms in total. The molecule has 2 heterocycles. The fourth-order valence-electron chi connectivity index (χ4n) is 0.411. The molecule has 0 fully saturated rings. The lowest BCUT2D eigenvalue weighted by Crippen LogP contribution is -1.78. The minimum atomic E-state index is 0.745. The number of hydrogen-bond acceptors (Lipinski definition) is 6. The molecular weight excluding hydrogens is 158 g/mol. The average Bonchev–Trinajstić information content (AvgIpc) is 2.60. The molecule has 0 aliphatic rings. The summed E-state index contributed by atoms with van der Waals surface area (Å²) in [5.41, 5.74) is 0. The van der Waals surface area contributed by atoms with Crippen LogP contribution in [0.25, 0.3) is 0 Å². The SMILES string of the molecule is Cc1nnn[nH]1.c1cnnnc1. The monoisotopic (exact) mass is 165 g/mol. The summed E-state index contributed by atoms with van der Waals surface area (Å²) in [5, 5.41) is 22.8. The first-order valence-electron chi connectivity index (χ1n) is 3.18. The molecule has 0 bridgehead atoms. The Morgan fingerprint density at radius 3 is 2.08 bits per heavy atom. The Morgan fingerprint density at radius 1 is 1.17 bits per heavy atom. The Labute approximate surface area is 68.2 Å². The topological polar surface area (TPSA) is 93.1 Å². The highest BCUT2D eigenvalue weighted by Crippen LogP contribution is 1.69. The van der Waals surface area contributed by atoms with Gasteiger partial charge in [-0.15, -0.1) is 15.3 Å². The summed E-state index contributed by atoms with van der Waals surface area (Å²) in [6.45, 7) is 1.79. The second-order valence-electron chi connectivity index (χ2n) is 1.80. The minimum Gasteiger partial charge on any atom is -0.243 e. The first-order chi connectivity index (χ1) is 5.89. The maximum absolute atomic E-state index is 3.50. The van der Waals surface area contributed by atoms with Crippen molar-refractivity contribution in [1.82, 2.24) is 36.0 Å². The number of aryl methyl sites for hydroxylation is 1. The van der Waals surface area contributed by atoms with E-state index in [9.17, 15) is 0 Å². The van der Waals surface area contributed by atoms with E-state index in [1.165, 1.54) is 0 Å². The van der Waals surface area contributed by atoms with Crippen LogP contribution in [0.5, 0.6) is 0 Å². The van der Waals surface area contributed by atoms with Crippen LogP contribution in [-0.2, 0) is 0 Å². The van der Waals surface area contributed by atoms with E-state index in [0.29, 0.717) is 0 Å². The molecule has 0 saturated heterocycles. The number of hydrogen-bond donors (Lipinski definition) is 1. The molecule has 1 N–H and O–H groups in total. The van der Waals surface area contributed by atoms with Crippen LogP contribution in [0, 0.1) is 6.92 Å². The van der Waals surface area contributed by atoms with Crippen LogP contribution < -0.4 is 0 Å². The van der Waals surface area contributed by atoms with Crippen LogP contribution in [0.3, 0.4) is 0 Å². The van der Waals surface area contributed by atoms with Crippen molar-refractivity contribution in [3.63, 3.8) is 0 Å². The van der Waals surface area contributed by atoms with Gasteiger partial charge in [-0.1, -0.05) is 0 Å². The van der Waals surface area contributed by atoms with Crippen molar-refractivity contribution in [2.75, 3.05) is 0 Å². The lowest BCUT2D eigenvalue weighted by molar-refractivity contribution is 0.865. The van der Waals surface area contributed by atoms with Crippen LogP contribution in [0.1, 0.15) is 5.82 Å². The molecule has 0 atom stereocenters. The van der Waals surface area contributed by atoms with E-state index >= 15 is 0 Å². The third-order valence-electron chi connectivity index (χ3n) is 0.860. The van der Waals surface area contributed by atoms with E-state index in [1.807, 2.05) is 0 Å². The Bertz CT molecular complexity index is 251. The van der Waals surface area contributed by atoms with Gasteiger partial charge >= 0.3 is 0 Å². The molecule has 12 heavy (non-hydrogen) atoms. The van der Waals surface area contributed by atoms with Crippen LogP contribution in [0.15, 0.2) is 18.5 Å². The zero-order valence-electron chi connectivity index (χ0n) is 6.42. The van der Waals surface area contributed by atoms with Crippen LogP contribution in [0.4, 0.5) is 0 Å².